The number of fused-ring (bicyclic) bond motifs is 1. The van der Waals surface area contributed by atoms with Crippen LogP contribution in [0, 0.1) is 4.58 Å². The summed E-state index contributed by atoms with van der Waals surface area (Å²) in [5.74, 6) is 0. The number of thiol groups is 3. The fraction of sp³-hybridized carbons (Fsp3) is 0.154. The van der Waals surface area contributed by atoms with Crippen molar-refractivity contribution in [1.29, 1.82) is 0 Å². The highest BCUT2D eigenvalue weighted by molar-refractivity contribution is 8.04. The topological polar surface area (TPSA) is 0 Å². The molecule has 0 spiro atoms. The first kappa shape index (κ1) is 12.2. The van der Waals surface area contributed by atoms with Gasteiger partial charge in [0.25, 0.3) is 0 Å². The van der Waals surface area contributed by atoms with Gasteiger partial charge in [0, 0.05) is 0 Å². The third-order valence-corrected chi connectivity index (χ3v) is 4.46. The monoisotopic (exact) mass is 265 g/mol. The van der Waals surface area contributed by atoms with Gasteiger partial charge in [0.1, 0.15) is 0 Å². The summed E-state index contributed by atoms with van der Waals surface area (Å²) >= 11 is 13.3. The van der Waals surface area contributed by atoms with Crippen molar-refractivity contribution in [1.82, 2.24) is 0 Å². The molecule has 0 amide bonds. The maximum atomic E-state index is 4.66. The molecule has 1 radical (unpaired) electrons. The summed E-state index contributed by atoms with van der Waals surface area (Å²) in [6, 6.07) is 14.5. The van der Waals surface area contributed by atoms with Gasteiger partial charge in [0.05, 0.1) is 9.33 Å². The van der Waals surface area contributed by atoms with Crippen molar-refractivity contribution in [3.63, 3.8) is 0 Å². The molecule has 0 fully saturated rings. The molecule has 0 saturated heterocycles. The smallest absolute Gasteiger partial charge is 0.0984 e. The molecule has 0 heterocycles. The van der Waals surface area contributed by atoms with Gasteiger partial charge in [-0.2, -0.15) is 37.9 Å². The minimum Gasteiger partial charge on any atom is -0.165 e. The van der Waals surface area contributed by atoms with E-state index >= 15 is 0 Å². The number of rotatable bonds is 2. The lowest BCUT2D eigenvalue weighted by molar-refractivity contribution is 0.864. The van der Waals surface area contributed by atoms with E-state index in [9.17, 15) is 0 Å². The molecule has 16 heavy (non-hydrogen) atoms. The van der Waals surface area contributed by atoms with Crippen molar-refractivity contribution in [2.45, 2.75) is 11.7 Å². The normalized spacial score (nSPS) is 15.3. The van der Waals surface area contributed by atoms with E-state index in [0.29, 0.717) is 4.58 Å². The Bertz CT molecular complexity index is 498. The highest BCUT2D eigenvalue weighted by atomic mass is 32.2. The Morgan fingerprint density at radius 3 is 2.31 bits per heavy atom. The van der Waals surface area contributed by atoms with Crippen molar-refractivity contribution in [2.24, 2.45) is 0 Å². The molecule has 0 N–H and O–H groups in total. The van der Waals surface area contributed by atoms with Crippen molar-refractivity contribution in [3.8, 4) is 0 Å². The molecule has 2 rings (SSSR count). The molecule has 0 aliphatic carbocycles. The highest BCUT2D eigenvalue weighted by Crippen LogP contribution is 2.44. The van der Waals surface area contributed by atoms with Crippen LogP contribution in [0.1, 0.15) is 12.5 Å². The van der Waals surface area contributed by atoms with Gasteiger partial charge >= 0.3 is 0 Å². The fourth-order valence-electron chi connectivity index (χ4n) is 1.77. The second-order valence-corrected chi connectivity index (χ2v) is 6.06. The predicted octanol–water partition coefficient (Wildman–Crippen LogP) is 4.33. The van der Waals surface area contributed by atoms with Crippen LogP contribution >= 0.6 is 37.9 Å². The van der Waals surface area contributed by atoms with E-state index in [0.717, 1.165) is 5.56 Å². The second-order valence-electron chi connectivity index (χ2n) is 3.92. The van der Waals surface area contributed by atoms with Gasteiger partial charge in [-0.1, -0.05) is 42.5 Å². The van der Waals surface area contributed by atoms with Crippen molar-refractivity contribution < 1.29 is 0 Å². The summed E-state index contributed by atoms with van der Waals surface area (Å²) < 4.78 is 0.264. The second kappa shape index (κ2) is 4.55. The van der Waals surface area contributed by atoms with Gasteiger partial charge < -0.3 is 0 Å². The Hall–Kier alpha value is -0.250. The highest BCUT2D eigenvalue weighted by Gasteiger charge is 2.29. The molecular formula is C13H13S3. The average molecular weight is 265 g/mol. The lowest BCUT2D eigenvalue weighted by Crippen LogP contribution is -2.17. The van der Waals surface area contributed by atoms with E-state index in [1.54, 1.807) is 0 Å². The molecule has 0 aromatic heterocycles. The molecule has 3 heteroatoms. The largest absolute Gasteiger partial charge is 0.165 e. The van der Waals surface area contributed by atoms with Crippen LogP contribution in [0.25, 0.3) is 10.8 Å². The van der Waals surface area contributed by atoms with Crippen molar-refractivity contribution in [3.05, 3.63) is 52.6 Å². The zero-order valence-corrected chi connectivity index (χ0v) is 11.6. The summed E-state index contributed by atoms with van der Waals surface area (Å²) in [6.45, 7) is 2.01. The first-order valence-electron chi connectivity index (χ1n) is 4.99. The number of benzene rings is 2. The zero-order valence-electron chi connectivity index (χ0n) is 8.88. The van der Waals surface area contributed by atoms with Crippen molar-refractivity contribution >= 4 is 48.7 Å². The van der Waals surface area contributed by atoms with Gasteiger partial charge in [-0.25, -0.2) is 0 Å². The van der Waals surface area contributed by atoms with Crippen LogP contribution < -0.4 is 0 Å². The summed E-state index contributed by atoms with van der Waals surface area (Å²) in [4.78, 5) is 0. The Kier molecular flexibility index (Phi) is 3.48. The van der Waals surface area contributed by atoms with E-state index in [1.807, 2.05) is 25.1 Å². The van der Waals surface area contributed by atoms with E-state index < -0.39 is 4.75 Å². The molecule has 1 unspecified atom stereocenters. The summed E-state index contributed by atoms with van der Waals surface area (Å²) in [5.41, 5.74) is 1.13. The Balaban J connectivity index is 2.70. The number of hydrogen-bond donors (Lipinski definition) is 3. The van der Waals surface area contributed by atoms with E-state index in [-0.39, 0.29) is 0 Å². The van der Waals surface area contributed by atoms with Gasteiger partial charge in [0.2, 0.25) is 0 Å². The van der Waals surface area contributed by atoms with Crippen LogP contribution in [0.3, 0.4) is 0 Å². The molecule has 0 saturated carbocycles. The van der Waals surface area contributed by atoms with Crippen LogP contribution in [-0.4, -0.2) is 0 Å². The van der Waals surface area contributed by atoms with Gasteiger partial charge in [-0.3, -0.25) is 0 Å². The molecule has 0 aliphatic rings. The predicted molar refractivity (Wildman–Crippen MR) is 81.5 cm³/mol. The third-order valence-electron chi connectivity index (χ3n) is 2.75. The van der Waals surface area contributed by atoms with Crippen LogP contribution in [0.5, 0.6) is 0 Å². The molecule has 0 bridgehead atoms. The van der Waals surface area contributed by atoms with Crippen LogP contribution in [0.2, 0.25) is 0 Å². The standard InChI is InChI=1S/C13H13S3/c1-13(16,12(14)15)11-8-4-6-9-5-2-3-7-10(9)11/h2-8,14-16H,1H3. The Labute approximate surface area is 113 Å². The summed E-state index contributed by atoms with van der Waals surface area (Å²) in [7, 11) is 0. The average Bonchev–Trinajstić information content (AvgIpc) is 2.28. The van der Waals surface area contributed by atoms with Gasteiger partial charge in [-0.05, 0) is 23.3 Å². The molecule has 0 aliphatic heterocycles. The number of hydrogen-bond acceptors (Lipinski definition) is 3. The zero-order chi connectivity index (χ0) is 11.8. The van der Waals surface area contributed by atoms with E-state index in [4.69, 9.17) is 0 Å². The summed E-state index contributed by atoms with van der Waals surface area (Å²) in [6.07, 6.45) is 0. The molecule has 2 aromatic carbocycles. The Morgan fingerprint density at radius 2 is 1.62 bits per heavy atom. The van der Waals surface area contributed by atoms with Crippen LogP contribution in [0.15, 0.2) is 42.5 Å². The quantitative estimate of drug-likeness (QED) is 0.661. The summed E-state index contributed by atoms with van der Waals surface area (Å²) in [5, 5.41) is 2.41. The van der Waals surface area contributed by atoms with Crippen molar-refractivity contribution in [2.75, 3.05) is 0 Å². The van der Waals surface area contributed by atoms with Crippen LogP contribution in [0.4, 0.5) is 0 Å². The van der Waals surface area contributed by atoms with Crippen LogP contribution in [-0.2, 0) is 4.75 Å². The first-order chi connectivity index (χ1) is 7.53. The SMILES string of the molecule is CC(S)([C](S)S)c1cccc2ccccc12. The molecular weight excluding hydrogens is 252 g/mol. The maximum absolute atomic E-state index is 4.66. The first-order valence-corrected chi connectivity index (χ1v) is 6.33. The third kappa shape index (κ3) is 2.08. The minimum absolute atomic E-state index is 0.437. The maximum Gasteiger partial charge on any atom is 0.0984 e. The van der Waals surface area contributed by atoms with E-state index in [1.165, 1.54) is 10.8 Å². The van der Waals surface area contributed by atoms with Gasteiger partial charge in [-0.15, -0.1) is 0 Å². The molecule has 2 aromatic rings. The van der Waals surface area contributed by atoms with Gasteiger partial charge in [0.15, 0.2) is 0 Å². The lowest BCUT2D eigenvalue weighted by atomic mass is 9.95. The fourth-order valence-corrected chi connectivity index (χ4v) is 2.21. The minimum atomic E-state index is -0.437. The molecule has 0 nitrogen and oxygen atoms in total. The molecule has 1 atom stereocenters. The lowest BCUT2D eigenvalue weighted by Gasteiger charge is -2.27. The molecule has 83 valence electrons. The van der Waals surface area contributed by atoms with E-state index in [2.05, 4.69) is 62.2 Å². The Morgan fingerprint density at radius 1 is 1.00 bits per heavy atom.